The van der Waals surface area contributed by atoms with Gasteiger partial charge in [-0.3, -0.25) is 4.40 Å². The second kappa shape index (κ2) is 4.25. The van der Waals surface area contributed by atoms with Crippen LogP contribution in [0.25, 0.3) is 16.2 Å². The van der Waals surface area contributed by atoms with E-state index in [0.717, 1.165) is 26.5 Å². The van der Waals surface area contributed by atoms with Crippen molar-refractivity contribution in [1.82, 2.24) is 9.38 Å². The second-order valence-corrected chi connectivity index (χ2v) is 5.34. The number of halogens is 1. The van der Waals surface area contributed by atoms with E-state index in [-0.39, 0.29) is 6.61 Å². The molecule has 0 saturated carbocycles. The number of imidazole rings is 1. The average molecular weight is 309 g/mol. The molecule has 3 aromatic rings. The lowest BCUT2D eigenvalue weighted by molar-refractivity contribution is 0.276. The molecule has 0 unspecified atom stereocenters. The lowest BCUT2D eigenvalue weighted by Crippen LogP contribution is -1.95. The summed E-state index contributed by atoms with van der Waals surface area (Å²) in [6.07, 6.45) is 0. The van der Waals surface area contributed by atoms with E-state index in [4.69, 9.17) is 0 Å². The summed E-state index contributed by atoms with van der Waals surface area (Å²) >= 11 is 5.10. The molecule has 0 aliphatic heterocycles. The monoisotopic (exact) mass is 308 g/mol. The molecule has 0 aliphatic rings. The molecule has 3 rings (SSSR count). The second-order valence-electron chi connectivity index (χ2n) is 3.58. The van der Waals surface area contributed by atoms with Crippen molar-refractivity contribution in [2.75, 3.05) is 0 Å². The van der Waals surface area contributed by atoms with E-state index in [0.29, 0.717) is 0 Å². The maximum Gasteiger partial charge on any atom is 0.138 e. The smallest absolute Gasteiger partial charge is 0.138 e. The quantitative estimate of drug-likeness (QED) is 0.737. The molecule has 0 amide bonds. The number of pyridine rings is 1. The fraction of sp³-hybridized carbons (Fsp3) is 0.0833. The molecule has 5 heteroatoms. The fourth-order valence-corrected chi connectivity index (χ4v) is 3.15. The Balaban J connectivity index is 2.37. The molecular formula is C12H9BrN2OS. The van der Waals surface area contributed by atoms with Gasteiger partial charge in [-0.25, -0.2) is 4.98 Å². The van der Waals surface area contributed by atoms with Gasteiger partial charge in [-0.1, -0.05) is 12.1 Å². The molecule has 0 spiro atoms. The first-order chi connectivity index (χ1) is 8.31. The maximum atomic E-state index is 9.55. The van der Waals surface area contributed by atoms with Gasteiger partial charge in [0.25, 0.3) is 0 Å². The normalized spacial score (nSPS) is 11.2. The van der Waals surface area contributed by atoms with E-state index in [2.05, 4.69) is 20.9 Å². The molecule has 0 fully saturated rings. The van der Waals surface area contributed by atoms with Crippen LogP contribution in [0.4, 0.5) is 0 Å². The highest BCUT2D eigenvalue weighted by atomic mass is 79.9. The highest BCUT2D eigenvalue weighted by Crippen LogP contribution is 2.30. The van der Waals surface area contributed by atoms with Crippen LogP contribution in [-0.2, 0) is 6.61 Å². The summed E-state index contributed by atoms with van der Waals surface area (Å²) in [5.74, 6) is 0. The van der Waals surface area contributed by atoms with Gasteiger partial charge in [-0.2, -0.15) is 0 Å². The zero-order valence-corrected chi connectivity index (χ0v) is 11.2. The van der Waals surface area contributed by atoms with Crippen LogP contribution in [0.1, 0.15) is 5.69 Å². The van der Waals surface area contributed by atoms with Crippen LogP contribution >= 0.6 is 27.3 Å². The van der Waals surface area contributed by atoms with Crippen molar-refractivity contribution in [3.8, 4) is 10.6 Å². The van der Waals surface area contributed by atoms with Crippen molar-refractivity contribution in [1.29, 1.82) is 0 Å². The van der Waals surface area contributed by atoms with E-state index in [1.54, 1.807) is 11.3 Å². The number of aromatic nitrogens is 2. The van der Waals surface area contributed by atoms with E-state index in [1.807, 2.05) is 40.1 Å². The third-order valence-electron chi connectivity index (χ3n) is 2.60. The number of hydrogen-bond donors (Lipinski definition) is 1. The molecule has 0 aliphatic carbocycles. The van der Waals surface area contributed by atoms with Crippen LogP contribution in [0.15, 0.2) is 40.3 Å². The van der Waals surface area contributed by atoms with Crippen molar-refractivity contribution in [2.45, 2.75) is 6.61 Å². The highest BCUT2D eigenvalue weighted by molar-refractivity contribution is 9.10. The third-order valence-corrected chi connectivity index (χ3v) is 4.09. The number of aliphatic hydroxyl groups excluding tert-OH is 1. The standard InChI is InChI=1S/C12H9BrN2OS/c13-10-4-1-5-11-14-12(8(7-16)15(10)11)9-3-2-6-17-9/h1-6,16H,7H2. The largest absolute Gasteiger partial charge is 0.390 e. The Morgan fingerprint density at radius 3 is 2.88 bits per heavy atom. The molecule has 86 valence electrons. The topological polar surface area (TPSA) is 37.5 Å². The molecular weight excluding hydrogens is 300 g/mol. The van der Waals surface area contributed by atoms with Crippen LogP contribution < -0.4 is 0 Å². The van der Waals surface area contributed by atoms with E-state index < -0.39 is 0 Å². The van der Waals surface area contributed by atoms with Gasteiger partial charge >= 0.3 is 0 Å². The van der Waals surface area contributed by atoms with Crippen molar-refractivity contribution in [3.05, 3.63) is 46.0 Å². The minimum atomic E-state index is -0.0307. The Labute approximate surface area is 110 Å². The van der Waals surface area contributed by atoms with Crippen LogP contribution in [-0.4, -0.2) is 14.5 Å². The lowest BCUT2D eigenvalue weighted by atomic mass is 10.3. The van der Waals surface area contributed by atoms with Crippen LogP contribution in [0, 0.1) is 0 Å². The van der Waals surface area contributed by atoms with E-state index in [1.165, 1.54) is 0 Å². The summed E-state index contributed by atoms with van der Waals surface area (Å²) in [5, 5.41) is 11.6. The summed E-state index contributed by atoms with van der Waals surface area (Å²) in [6, 6.07) is 9.80. The molecule has 17 heavy (non-hydrogen) atoms. The first kappa shape index (κ1) is 11.0. The summed E-state index contributed by atoms with van der Waals surface area (Å²) in [4.78, 5) is 5.64. The summed E-state index contributed by atoms with van der Waals surface area (Å²) in [5.41, 5.74) is 2.51. The molecule has 0 saturated heterocycles. The number of hydrogen-bond acceptors (Lipinski definition) is 3. The zero-order valence-electron chi connectivity index (χ0n) is 8.80. The van der Waals surface area contributed by atoms with Crippen molar-refractivity contribution in [2.24, 2.45) is 0 Å². The number of fused-ring (bicyclic) bond motifs is 1. The number of aliphatic hydroxyl groups is 1. The summed E-state index contributed by atoms with van der Waals surface area (Å²) in [6.45, 7) is -0.0307. The first-order valence-electron chi connectivity index (χ1n) is 5.12. The molecule has 0 bridgehead atoms. The molecule has 0 atom stereocenters. The van der Waals surface area contributed by atoms with E-state index >= 15 is 0 Å². The van der Waals surface area contributed by atoms with Gasteiger partial charge in [0.05, 0.1) is 21.8 Å². The van der Waals surface area contributed by atoms with Crippen LogP contribution in [0.2, 0.25) is 0 Å². The summed E-state index contributed by atoms with van der Waals surface area (Å²) < 4.78 is 2.82. The van der Waals surface area contributed by atoms with Gasteiger partial charge in [0.1, 0.15) is 11.3 Å². The zero-order chi connectivity index (χ0) is 11.8. The van der Waals surface area contributed by atoms with Crippen LogP contribution in [0.3, 0.4) is 0 Å². The Kier molecular flexibility index (Phi) is 2.74. The predicted molar refractivity (Wildman–Crippen MR) is 72.1 cm³/mol. The van der Waals surface area contributed by atoms with Gasteiger partial charge in [0, 0.05) is 0 Å². The highest BCUT2D eigenvalue weighted by Gasteiger charge is 2.15. The number of thiophene rings is 1. The minimum absolute atomic E-state index is 0.0307. The Morgan fingerprint density at radius 1 is 1.29 bits per heavy atom. The minimum Gasteiger partial charge on any atom is -0.390 e. The fourth-order valence-electron chi connectivity index (χ4n) is 1.87. The third kappa shape index (κ3) is 1.71. The Bertz CT molecular complexity index is 661. The maximum absolute atomic E-state index is 9.55. The lowest BCUT2D eigenvalue weighted by Gasteiger charge is -2.02. The van der Waals surface area contributed by atoms with Gasteiger partial charge < -0.3 is 5.11 Å². The molecule has 0 aromatic carbocycles. The van der Waals surface area contributed by atoms with Crippen LogP contribution in [0.5, 0.6) is 0 Å². The number of nitrogens with zero attached hydrogens (tertiary/aromatic N) is 2. The van der Waals surface area contributed by atoms with Crippen molar-refractivity contribution in [3.63, 3.8) is 0 Å². The molecule has 1 N–H and O–H groups in total. The Hall–Kier alpha value is -1.17. The Morgan fingerprint density at radius 2 is 2.18 bits per heavy atom. The molecule has 0 radical (unpaired) electrons. The number of rotatable bonds is 2. The van der Waals surface area contributed by atoms with Crippen molar-refractivity contribution < 1.29 is 5.11 Å². The molecule has 3 nitrogen and oxygen atoms in total. The van der Waals surface area contributed by atoms with Gasteiger partial charge in [-0.05, 0) is 39.5 Å². The molecule has 3 heterocycles. The SMILES string of the molecule is OCc1c(-c2cccs2)nc2cccc(Br)n12. The first-order valence-corrected chi connectivity index (χ1v) is 6.79. The average Bonchev–Trinajstić information content (AvgIpc) is 2.95. The van der Waals surface area contributed by atoms with Gasteiger partial charge in [-0.15, -0.1) is 11.3 Å². The summed E-state index contributed by atoms with van der Waals surface area (Å²) in [7, 11) is 0. The van der Waals surface area contributed by atoms with Crippen molar-refractivity contribution >= 4 is 32.9 Å². The van der Waals surface area contributed by atoms with Gasteiger partial charge in [0.15, 0.2) is 0 Å². The predicted octanol–water partition coefficient (Wildman–Crippen LogP) is 3.32. The molecule has 3 aromatic heterocycles. The van der Waals surface area contributed by atoms with Gasteiger partial charge in [0.2, 0.25) is 0 Å². The van der Waals surface area contributed by atoms with E-state index in [9.17, 15) is 5.11 Å².